The van der Waals surface area contributed by atoms with Crippen LogP contribution in [0.2, 0.25) is 0 Å². The lowest BCUT2D eigenvalue weighted by Gasteiger charge is -2.36. The molecule has 3 heterocycles. The summed E-state index contributed by atoms with van der Waals surface area (Å²) in [5.74, 6) is 1.56. The van der Waals surface area contributed by atoms with Crippen molar-refractivity contribution in [2.45, 2.75) is 20.0 Å². The number of nitrogens with one attached hydrogen (secondary N) is 1. The zero-order valence-electron chi connectivity index (χ0n) is 15.3. The van der Waals surface area contributed by atoms with Gasteiger partial charge in [0.05, 0.1) is 18.5 Å². The highest BCUT2D eigenvalue weighted by atomic mass is 16.3. The maximum absolute atomic E-state index is 12.7. The molecule has 1 aliphatic heterocycles. The summed E-state index contributed by atoms with van der Waals surface area (Å²) in [7, 11) is 0. The molecule has 6 heteroatoms. The molecule has 6 nitrogen and oxygen atoms in total. The molecule has 27 heavy (non-hydrogen) atoms. The van der Waals surface area contributed by atoms with Gasteiger partial charge in [0.25, 0.3) is 0 Å². The van der Waals surface area contributed by atoms with Gasteiger partial charge in [0.15, 0.2) is 5.82 Å². The third kappa shape index (κ3) is 3.79. The Hall–Kier alpha value is -3.28. The molecule has 0 radical (unpaired) electrons. The summed E-state index contributed by atoms with van der Waals surface area (Å²) in [6.07, 6.45) is 3.37. The molecule has 0 unspecified atom stereocenters. The van der Waals surface area contributed by atoms with Crippen molar-refractivity contribution in [2.75, 3.05) is 22.9 Å². The van der Waals surface area contributed by atoms with E-state index in [0.717, 1.165) is 30.4 Å². The second-order valence-electron chi connectivity index (χ2n) is 6.64. The predicted octanol–water partition coefficient (Wildman–Crippen LogP) is 3.72. The number of pyridine rings is 1. The van der Waals surface area contributed by atoms with Crippen molar-refractivity contribution in [2.24, 2.45) is 0 Å². The SMILES string of the molecule is Cc1ccc(CN2CCN(C(=O)NCc3ccco3)c3cccnc32)cc1. The normalized spacial score (nSPS) is 13.4. The second-order valence-corrected chi connectivity index (χ2v) is 6.64. The van der Waals surface area contributed by atoms with Gasteiger partial charge in [-0.25, -0.2) is 9.78 Å². The highest BCUT2D eigenvalue weighted by molar-refractivity contribution is 5.95. The van der Waals surface area contributed by atoms with E-state index in [0.29, 0.717) is 13.1 Å². The topological polar surface area (TPSA) is 61.6 Å². The largest absolute Gasteiger partial charge is 0.467 e. The van der Waals surface area contributed by atoms with E-state index < -0.39 is 0 Å². The number of benzene rings is 1. The lowest BCUT2D eigenvalue weighted by molar-refractivity contribution is 0.244. The molecule has 0 fully saturated rings. The Morgan fingerprint density at radius 3 is 2.78 bits per heavy atom. The average Bonchev–Trinajstić information content (AvgIpc) is 3.22. The van der Waals surface area contributed by atoms with E-state index in [-0.39, 0.29) is 6.03 Å². The van der Waals surface area contributed by atoms with Crippen LogP contribution < -0.4 is 15.1 Å². The monoisotopic (exact) mass is 362 g/mol. The molecule has 0 bridgehead atoms. The highest BCUT2D eigenvalue weighted by Gasteiger charge is 2.27. The van der Waals surface area contributed by atoms with E-state index in [4.69, 9.17) is 4.42 Å². The molecule has 0 spiro atoms. The van der Waals surface area contributed by atoms with Crippen molar-refractivity contribution in [3.63, 3.8) is 0 Å². The van der Waals surface area contributed by atoms with Crippen LogP contribution in [0.15, 0.2) is 65.4 Å². The number of carbonyl (C=O) groups excluding carboxylic acids is 1. The first-order valence-electron chi connectivity index (χ1n) is 9.04. The number of nitrogens with zero attached hydrogens (tertiary/aromatic N) is 3. The summed E-state index contributed by atoms with van der Waals surface area (Å²) in [6, 6.07) is 15.8. The lowest BCUT2D eigenvalue weighted by atomic mass is 10.1. The van der Waals surface area contributed by atoms with Crippen LogP contribution in [0, 0.1) is 6.92 Å². The van der Waals surface area contributed by atoms with E-state index >= 15 is 0 Å². The molecule has 0 saturated carbocycles. The fourth-order valence-corrected chi connectivity index (χ4v) is 3.24. The zero-order valence-corrected chi connectivity index (χ0v) is 15.3. The minimum Gasteiger partial charge on any atom is -0.467 e. The molecule has 4 rings (SSSR count). The molecule has 1 aliphatic rings. The van der Waals surface area contributed by atoms with Crippen molar-refractivity contribution in [1.82, 2.24) is 10.3 Å². The van der Waals surface area contributed by atoms with Crippen molar-refractivity contribution in [1.29, 1.82) is 0 Å². The second kappa shape index (κ2) is 7.53. The number of hydrogen-bond donors (Lipinski definition) is 1. The summed E-state index contributed by atoms with van der Waals surface area (Å²) in [5, 5.41) is 2.91. The van der Waals surface area contributed by atoms with E-state index in [1.807, 2.05) is 24.3 Å². The number of anilines is 2. The van der Waals surface area contributed by atoms with E-state index in [9.17, 15) is 4.79 Å². The number of aromatic nitrogens is 1. The number of urea groups is 1. The van der Waals surface area contributed by atoms with Crippen molar-refractivity contribution in [3.05, 3.63) is 77.9 Å². The van der Waals surface area contributed by atoms with Crippen molar-refractivity contribution >= 4 is 17.5 Å². The minimum absolute atomic E-state index is 0.143. The Bertz CT molecular complexity index is 906. The number of amides is 2. The standard InChI is InChI=1S/C21H22N4O2/c1-16-6-8-17(9-7-16)15-24-11-12-25(19-5-2-10-22-20(19)24)21(26)23-14-18-4-3-13-27-18/h2-10,13H,11-12,14-15H2,1H3,(H,23,26). The van der Waals surface area contributed by atoms with E-state index in [1.165, 1.54) is 11.1 Å². The van der Waals surface area contributed by atoms with Gasteiger partial charge in [-0.1, -0.05) is 29.8 Å². The summed E-state index contributed by atoms with van der Waals surface area (Å²) in [6.45, 7) is 4.55. The summed E-state index contributed by atoms with van der Waals surface area (Å²) in [4.78, 5) is 21.2. The van der Waals surface area contributed by atoms with Crippen LogP contribution in [0.25, 0.3) is 0 Å². The van der Waals surface area contributed by atoms with Gasteiger partial charge >= 0.3 is 6.03 Å². The van der Waals surface area contributed by atoms with Crippen LogP contribution in [-0.2, 0) is 13.1 Å². The summed E-state index contributed by atoms with van der Waals surface area (Å²) >= 11 is 0. The molecule has 2 amide bonds. The van der Waals surface area contributed by atoms with Gasteiger partial charge < -0.3 is 14.6 Å². The molecule has 0 aliphatic carbocycles. The summed E-state index contributed by atoms with van der Waals surface area (Å²) in [5.41, 5.74) is 3.30. The van der Waals surface area contributed by atoms with Gasteiger partial charge in [0.1, 0.15) is 5.76 Å². The molecular weight excluding hydrogens is 340 g/mol. The van der Waals surface area contributed by atoms with Crippen LogP contribution in [0.5, 0.6) is 0 Å². The molecule has 2 aromatic heterocycles. The maximum Gasteiger partial charge on any atom is 0.322 e. The molecule has 1 aromatic carbocycles. The molecular formula is C21H22N4O2. The van der Waals surface area contributed by atoms with Crippen LogP contribution in [0.3, 0.4) is 0 Å². The summed E-state index contributed by atoms with van der Waals surface area (Å²) < 4.78 is 5.28. The average molecular weight is 362 g/mol. The van der Waals surface area contributed by atoms with Gasteiger partial charge in [0.2, 0.25) is 0 Å². The first-order chi connectivity index (χ1) is 13.2. The van der Waals surface area contributed by atoms with Gasteiger partial charge in [-0.05, 0) is 36.8 Å². The molecule has 0 atom stereocenters. The van der Waals surface area contributed by atoms with Gasteiger partial charge in [-0.15, -0.1) is 0 Å². The zero-order chi connectivity index (χ0) is 18.6. The predicted molar refractivity (Wildman–Crippen MR) is 105 cm³/mol. The number of fused-ring (bicyclic) bond motifs is 1. The Labute approximate surface area is 158 Å². The van der Waals surface area contributed by atoms with E-state index in [2.05, 4.69) is 46.4 Å². The first kappa shape index (κ1) is 17.1. The highest BCUT2D eigenvalue weighted by Crippen LogP contribution is 2.31. The van der Waals surface area contributed by atoms with Crippen LogP contribution in [0.1, 0.15) is 16.9 Å². The molecule has 3 aromatic rings. The van der Waals surface area contributed by atoms with Crippen LogP contribution >= 0.6 is 0 Å². The van der Waals surface area contributed by atoms with Crippen molar-refractivity contribution < 1.29 is 9.21 Å². The van der Waals surface area contributed by atoms with Crippen LogP contribution in [0.4, 0.5) is 16.3 Å². The van der Waals surface area contributed by atoms with Crippen molar-refractivity contribution in [3.8, 4) is 0 Å². The molecule has 0 saturated heterocycles. The fourth-order valence-electron chi connectivity index (χ4n) is 3.24. The third-order valence-electron chi connectivity index (χ3n) is 4.68. The first-order valence-corrected chi connectivity index (χ1v) is 9.04. The smallest absolute Gasteiger partial charge is 0.322 e. The maximum atomic E-state index is 12.7. The quantitative estimate of drug-likeness (QED) is 0.768. The number of rotatable bonds is 4. The number of aryl methyl sites for hydroxylation is 1. The number of hydrogen-bond acceptors (Lipinski definition) is 4. The Morgan fingerprint density at radius 1 is 1.15 bits per heavy atom. The van der Waals surface area contributed by atoms with E-state index in [1.54, 1.807) is 17.4 Å². The Morgan fingerprint density at radius 2 is 2.00 bits per heavy atom. The fraction of sp³-hybridized carbons (Fsp3) is 0.238. The van der Waals surface area contributed by atoms with Crippen LogP contribution in [-0.4, -0.2) is 24.1 Å². The number of furan rings is 1. The molecule has 138 valence electrons. The van der Waals surface area contributed by atoms with Gasteiger partial charge in [-0.3, -0.25) is 4.90 Å². The minimum atomic E-state index is -0.143. The molecule has 1 N–H and O–H groups in total. The Balaban J connectivity index is 1.50. The van der Waals surface area contributed by atoms with Gasteiger partial charge in [-0.2, -0.15) is 0 Å². The lowest BCUT2D eigenvalue weighted by Crippen LogP contribution is -2.48. The Kier molecular flexibility index (Phi) is 4.78. The van der Waals surface area contributed by atoms with Gasteiger partial charge in [0, 0.05) is 25.8 Å². The number of carbonyl (C=O) groups is 1. The third-order valence-corrected chi connectivity index (χ3v) is 4.68.